The number of hydrogen-bond donors (Lipinski definition) is 2. The van der Waals surface area contributed by atoms with Crippen LogP contribution >= 0.6 is 12.2 Å². The smallest absolute Gasteiger partial charge is 0.326 e. The summed E-state index contributed by atoms with van der Waals surface area (Å²) < 4.78 is 0. The van der Waals surface area contributed by atoms with Crippen molar-refractivity contribution in [3.05, 3.63) is 24.3 Å². The highest BCUT2D eigenvalue weighted by molar-refractivity contribution is 7.80. The normalized spacial score (nSPS) is 16.5. The van der Waals surface area contributed by atoms with Crippen LogP contribution in [0.3, 0.4) is 0 Å². The lowest BCUT2D eigenvalue weighted by molar-refractivity contribution is -0.138. The number of unbranched alkanes of at least 4 members (excludes halogenated alkanes) is 2. The minimum absolute atomic E-state index is 0.409. The summed E-state index contributed by atoms with van der Waals surface area (Å²) in [5.74, 6) is -0.742. The van der Waals surface area contributed by atoms with Gasteiger partial charge in [0.25, 0.3) is 0 Å². The summed E-state index contributed by atoms with van der Waals surface area (Å²) in [6, 6.07) is 7.52. The quantitative estimate of drug-likeness (QED) is 0.625. The van der Waals surface area contributed by atoms with Crippen LogP contribution < -0.4 is 10.2 Å². The summed E-state index contributed by atoms with van der Waals surface area (Å²) >= 11 is 5.60. The average Bonchev–Trinajstić information content (AvgIpc) is 3.12. The molecule has 1 saturated heterocycles. The van der Waals surface area contributed by atoms with Gasteiger partial charge in [-0.15, -0.1) is 0 Å². The molecule has 1 aliphatic rings. The predicted molar refractivity (Wildman–Crippen MR) is 112 cm³/mol. The van der Waals surface area contributed by atoms with Crippen LogP contribution in [0, 0.1) is 0 Å². The summed E-state index contributed by atoms with van der Waals surface area (Å²) in [6.45, 7) is 7.14. The minimum atomic E-state index is -0.742. The Kier molecular flexibility index (Phi) is 8.16. The third kappa shape index (κ3) is 5.59. The topological polar surface area (TPSA) is 55.8 Å². The van der Waals surface area contributed by atoms with E-state index in [1.165, 1.54) is 0 Å². The van der Waals surface area contributed by atoms with Crippen molar-refractivity contribution >= 4 is 34.7 Å². The number of benzene rings is 1. The van der Waals surface area contributed by atoms with Crippen molar-refractivity contribution < 1.29 is 9.90 Å². The van der Waals surface area contributed by atoms with Crippen LogP contribution in [0.5, 0.6) is 0 Å². The van der Waals surface area contributed by atoms with Crippen LogP contribution in [0.2, 0.25) is 0 Å². The number of rotatable bonds is 9. The highest BCUT2D eigenvalue weighted by atomic mass is 32.1. The minimum Gasteiger partial charge on any atom is -0.480 e. The van der Waals surface area contributed by atoms with Crippen LogP contribution in [0.15, 0.2) is 24.3 Å². The van der Waals surface area contributed by atoms with E-state index < -0.39 is 12.0 Å². The third-order valence-corrected chi connectivity index (χ3v) is 5.20. The Bertz CT molecular complexity index is 583. The van der Waals surface area contributed by atoms with Gasteiger partial charge in [-0.2, -0.15) is 0 Å². The number of anilines is 2. The number of carbonyl (C=O) groups is 1. The number of hydrogen-bond acceptors (Lipinski definition) is 3. The number of carboxylic acid groups (broad SMARTS) is 1. The first kappa shape index (κ1) is 20.5. The second-order valence-electron chi connectivity index (χ2n) is 6.86. The van der Waals surface area contributed by atoms with Gasteiger partial charge in [-0.3, -0.25) is 0 Å². The zero-order chi connectivity index (χ0) is 18.9. The second-order valence-corrected chi connectivity index (χ2v) is 7.25. The fraction of sp³-hybridized carbons (Fsp3) is 0.600. The molecule has 1 heterocycles. The molecule has 2 N–H and O–H groups in total. The summed E-state index contributed by atoms with van der Waals surface area (Å²) in [5, 5.41) is 13.4. The Morgan fingerprint density at radius 3 is 2.38 bits per heavy atom. The Hall–Kier alpha value is -1.82. The van der Waals surface area contributed by atoms with Gasteiger partial charge >= 0.3 is 5.97 Å². The first-order chi connectivity index (χ1) is 12.6. The molecule has 144 valence electrons. The molecule has 0 aromatic heterocycles. The van der Waals surface area contributed by atoms with E-state index in [4.69, 9.17) is 12.2 Å². The Balaban J connectivity index is 1.98. The molecule has 1 aromatic rings. The fourth-order valence-electron chi connectivity index (χ4n) is 3.28. The summed E-state index contributed by atoms with van der Waals surface area (Å²) in [5.41, 5.74) is 1.91. The molecule has 6 heteroatoms. The standard InChI is InChI=1S/C20H31N3O2S/c1-3-5-13-22(14-6-4-2)20(26)21-16-9-11-17(12-10-16)23-15-7-8-18(23)19(24)25/h9-12,18H,3-8,13-15H2,1-2H3,(H,21,26)(H,24,25). The van der Waals surface area contributed by atoms with E-state index in [2.05, 4.69) is 24.1 Å². The molecule has 0 aliphatic carbocycles. The van der Waals surface area contributed by atoms with Crippen LogP contribution in [0.1, 0.15) is 52.4 Å². The maximum atomic E-state index is 11.4. The Morgan fingerprint density at radius 1 is 1.23 bits per heavy atom. The van der Waals surface area contributed by atoms with E-state index in [-0.39, 0.29) is 0 Å². The number of aliphatic carboxylic acids is 1. The lowest BCUT2D eigenvalue weighted by Gasteiger charge is -2.26. The van der Waals surface area contributed by atoms with Gasteiger partial charge in [0.15, 0.2) is 5.11 Å². The van der Waals surface area contributed by atoms with Crippen LogP contribution in [-0.2, 0) is 4.79 Å². The molecule has 0 amide bonds. The average molecular weight is 378 g/mol. The molecule has 0 spiro atoms. The van der Waals surface area contributed by atoms with Gasteiger partial charge in [-0.1, -0.05) is 26.7 Å². The van der Waals surface area contributed by atoms with E-state index >= 15 is 0 Å². The maximum absolute atomic E-state index is 11.4. The summed E-state index contributed by atoms with van der Waals surface area (Å²) in [6.07, 6.45) is 6.21. The lowest BCUT2D eigenvalue weighted by Crippen LogP contribution is -2.36. The van der Waals surface area contributed by atoms with Gasteiger partial charge in [0.05, 0.1) is 0 Å². The Morgan fingerprint density at radius 2 is 1.85 bits per heavy atom. The monoisotopic (exact) mass is 377 g/mol. The summed E-state index contributed by atoms with van der Waals surface area (Å²) in [7, 11) is 0. The highest BCUT2D eigenvalue weighted by Gasteiger charge is 2.30. The van der Waals surface area contributed by atoms with E-state index in [1.807, 2.05) is 29.2 Å². The van der Waals surface area contributed by atoms with Gasteiger partial charge in [0.2, 0.25) is 0 Å². The molecule has 1 fully saturated rings. The van der Waals surface area contributed by atoms with Gasteiger partial charge in [-0.05, 0) is 62.2 Å². The van der Waals surface area contributed by atoms with Crippen molar-refractivity contribution in [1.29, 1.82) is 0 Å². The fourth-order valence-corrected chi connectivity index (χ4v) is 3.58. The molecule has 2 rings (SSSR count). The van der Waals surface area contributed by atoms with Crippen molar-refractivity contribution in [2.45, 2.75) is 58.4 Å². The Labute approximate surface area is 162 Å². The molecular weight excluding hydrogens is 346 g/mol. The van der Waals surface area contributed by atoms with Crippen molar-refractivity contribution in [3.8, 4) is 0 Å². The molecule has 1 aromatic carbocycles. The molecule has 0 saturated carbocycles. The molecule has 1 unspecified atom stereocenters. The second kappa shape index (κ2) is 10.4. The van der Waals surface area contributed by atoms with Crippen molar-refractivity contribution in [2.75, 3.05) is 29.9 Å². The maximum Gasteiger partial charge on any atom is 0.326 e. The first-order valence-electron chi connectivity index (χ1n) is 9.72. The van der Waals surface area contributed by atoms with E-state index in [0.29, 0.717) is 6.42 Å². The van der Waals surface area contributed by atoms with Gasteiger partial charge in [-0.25, -0.2) is 4.79 Å². The largest absolute Gasteiger partial charge is 0.480 e. The molecule has 0 radical (unpaired) electrons. The molecule has 26 heavy (non-hydrogen) atoms. The number of carboxylic acids is 1. The number of nitrogens with zero attached hydrogens (tertiary/aromatic N) is 2. The zero-order valence-electron chi connectivity index (χ0n) is 15.9. The van der Waals surface area contributed by atoms with Crippen LogP contribution in [0.4, 0.5) is 11.4 Å². The van der Waals surface area contributed by atoms with Crippen LogP contribution in [-0.4, -0.2) is 46.8 Å². The number of nitrogens with one attached hydrogen (secondary N) is 1. The van der Waals surface area contributed by atoms with Crippen molar-refractivity contribution in [1.82, 2.24) is 4.90 Å². The van der Waals surface area contributed by atoms with Crippen LogP contribution in [0.25, 0.3) is 0 Å². The van der Waals surface area contributed by atoms with E-state index in [0.717, 1.165) is 68.2 Å². The van der Waals surface area contributed by atoms with Crippen molar-refractivity contribution in [3.63, 3.8) is 0 Å². The molecule has 1 atom stereocenters. The van der Waals surface area contributed by atoms with E-state index in [1.54, 1.807) is 0 Å². The highest BCUT2D eigenvalue weighted by Crippen LogP contribution is 2.27. The molecular formula is C20H31N3O2S. The lowest BCUT2D eigenvalue weighted by atomic mass is 10.2. The summed E-state index contributed by atoms with van der Waals surface area (Å²) in [4.78, 5) is 15.6. The predicted octanol–water partition coefficient (Wildman–Crippen LogP) is 4.34. The first-order valence-corrected chi connectivity index (χ1v) is 10.1. The molecule has 5 nitrogen and oxygen atoms in total. The number of thiocarbonyl (C=S) groups is 1. The van der Waals surface area contributed by atoms with Gasteiger partial charge < -0.3 is 20.2 Å². The van der Waals surface area contributed by atoms with E-state index in [9.17, 15) is 9.90 Å². The van der Waals surface area contributed by atoms with Gasteiger partial charge in [0, 0.05) is 31.0 Å². The third-order valence-electron chi connectivity index (χ3n) is 4.84. The zero-order valence-corrected chi connectivity index (χ0v) is 16.7. The molecule has 0 bridgehead atoms. The SMILES string of the molecule is CCCCN(CCCC)C(=S)Nc1ccc(N2CCCC2C(=O)O)cc1. The van der Waals surface area contributed by atoms with Crippen molar-refractivity contribution in [2.24, 2.45) is 0 Å². The van der Waals surface area contributed by atoms with Gasteiger partial charge in [0.1, 0.15) is 6.04 Å². The molecule has 1 aliphatic heterocycles.